The van der Waals surface area contributed by atoms with E-state index in [2.05, 4.69) is 9.98 Å². The van der Waals surface area contributed by atoms with Crippen LogP contribution in [0.1, 0.15) is 11.1 Å². The number of rotatable bonds is 3. The maximum absolute atomic E-state index is 12.9. The molecule has 0 spiro atoms. The maximum Gasteiger partial charge on any atom is 0.209 e. The first kappa shape index (κ1) is 14.4. The van der Waals surface area contributed by atoms with Gasteiger partial charge in [0.15, 0.2) is 0 Å². The molecule has 1 heterocycles. The van der Waals surface area contributed by atoms with Gasteiger partial charge in [0, 0.05) is 22.7 Å². The van der Waals surface area contributed by atoms with Gasteiger partial charge < -0.3 is 5.11 Å². The summed E-state index contributed by atoms with van der Waals surface area (Å²) in [4.78, 5) is 8.68. The van der Waals surface area contributed by atoms with Crippen LogP contribution >= 0.6 is 11.3 Å². The lowest BCUT2D eigenvalue weighted by Gasteiger charge is -2.00. The van der Waals surface area contributed by atoms with Crippen LogP contribution in [0, 0.1) is 12.7 Å². The van der Waals surface area contributed by atoms with Gasteiger partial charge in [-0.1, -0.05) is 12.1 Å². The third kappa shape index (κ3) is 3.04. The molecular formula is C17H13FN2OS. The summed E-state index contributed by atoms with van der Waals surface area (Å²) < 4.78 is 12.9. The van der Waals surface area contributed by atoms with E-state index in [-0.39, 0.29) is 11.6 Å². The van der Waals surface area contributed by atoms with Gasteiger partial charge >= 0.3 is 0 Å². The van der Waals surface area contributed by atoms with E-state index in [9.17, 15) is 9.50 Å². The summed E-state index contributed by atoms with van der Waals surface area (Å²) in [7, 11) is 0. The number of benzene rings is 2. The van der Waals surface area contributed by atoms with Crippen LogP contribution in [0.15, 0.2) is 52.8 Å². The SMILES string of the molecule is Cc1cccc(/C=N/c2nc(-c3ccc(F)cc3)cs2)c1O. The third-order valence-corrected chi connectivity index (χ3v) is 3.96. The summed E-state index contributed by atoms with van der Waals surface area (Å²) in [6.07, 6.45) is 1.59. The fraction of sp³-hybridized carbons (Fsp3) is 0.0588. The number of aromatic nitrogens is 1. The molecule has 22 heavy (non-hydrogen) atoms. The van der Waals surface area contributed by atoms with Crippen LogP contribution in [-0.4, -0.2) is 16.3 Å². The van der Waals surface area contributed by atoms with Crippen LogP contribution in [0.2, 0.25) is 0 Å². The predicted molar refractivity (Wildman–Crippen MR) is 87.6 cm³/mol. The van der Waals surface area contributed by atoms with Crippen LogP contribution in [0.25, 0.3) is 11.3 Å². The van der Waals surface area contributed by atoms with Gasteiger partial charge in [-0.2, -0.15) is 0 Å². The first-order valence-electron chi connectivity index (χ1n) is 6.67. The molecule has 3 aromatic rings. The zero-order chi connectivity index (χ0) is 15.5. The Kier molecular flexibility index (Phi) is 3.98. The van der Waals surface area contributed by atoms with Crippen molar-refractivity contribution in [2.45, 2.75) is 6.92 Å². The van der Waals surface area contributed by atoms with Crippen molar-refractivity contribution in [3.8, 4) is 17.0 Å². The van der Waals surface area contributed by atoms with E-state index in [1.165, 1.54) is 23.5 Å². The van der Waals surface area contributed by atoms with Gasteiger partial charge in [-0.05, 0) is 42.8 Å². The second-order valence-electron chi connectivity index (χ2n) is 4.79. The highest BCUT2D eigenvalue weighted by Gasteiger charge is 2.05. The predicted octanol–water partition coefficient (Wildman–Crippen LogP) is 4.71. The normalized spacial score (nSPS) is 11.2. The van der Waals surface area contributed by atoms with Gasteiger partial charge in [-0.25, -0.2) is 14.4 Å². The average Bonchev–Trinajstić information content (AvgIpc) is 2.98. The minimum atomic E-state index is -0.271. The molecule has 0 fully saturated rings. The number of aliphatic imine (C=N–C) groups is 1. The second-order valence-corrected chi connectivity index (χ2v) is 5.63. The minimum absolute atomic E-state index is 0.224. The molecule has 0 aliphatic rings. The molecule has 2 aromatic carbocycles. The zero-order valence-corrected chi connectivity index (χ0v) is 12.6. The lowest BCUT2D eigenvalue weighted by atomic mass is 10.1. The van der Waals surface area contributed by atoms with Crippen LogP contribution in [0.4, 0.5) is 9.52 Å². The van der Waals surface area contributed by atoms with Crippen molar-refractivity contribution in [3.63, 3.8) is 0 Å². The van der Waals surface area contributed by atoms with Gasteiger partial charge in [0.05, 0.1) is 5.69 Å². The van der Waals surface area contributed by atoms with Crippen molar-refractivity contribution in [2.24, 2.45) is 4.99 Å². The largest absolute Gasteiger partial charge is 0.507 e. The lowest BCUT2D eigenvalue weighted by Crippen LogP contribution is -1.84. The molecule has 1 aromatic heterocycles. The highest BCUT2D eigenvalue weighted by molar-refractivity contribution is 7.13. The summed E-state index contributed by atoms with van der Waals surface area (Å²) in [6, 6.07) is 11.7. The van der Waals surface area contributed by atoms with Crippen LogP contribution < -0.4 is 0 Å². The maximum atomic E-state index is 12.9. The number of nitrogens with zero attached hydrogens (tertiary/aromatic N) is 2. The quantitative estimate of drug-likeness (QED) is 0.712. The van der Waals surface area contributed by atoms with Crippen LogP contribution in [0.5, 0.6) is 5.75 Å². The molecule has 0 radical (unpaired) electrons. The molecule has 0 amide bonds. The zero-order valence-electron chi connectivity index (χ0n) is 11.8. The number of para-hydroxylation sites is 1. The topological polar surface area (TPSA) is 45.5 Å². The molecule has 1 N–H and O–H groups in total. The molecule has 0 saturated carbocycles. The van der Waals surface area contributed by atoms with Gasteiger partial charge in [0.1, 0.15) is 11.6 Å². The van der Waals surface area contributed by atoms with Gasteiger partial charge in [-0.3, -0.25) is 0 Å². The Morgan fingerprint density at radius 3 is 2.73 bits per heavy atom. The molecular weight excluding hydrogens is 299 g/mol. The molecule has 0 aliphatic carbocycles. The number of aromatic hydroxyl groups is 1. The molecule has 0 unspecified atom stereocenters. The number of phenolic OH excluding ortho intramolecular Hbond substituents is 1. The smallest absolute Gasteiger partial charge is 0.209 e. The van der Waals surface area contributed by atoms with Crippen molar-refractivity contribution in [3.05, 3.63) is 64.8 Å². The second kappa shape index (κ2) is 6.07. The number of hydrogen-bond acceptors (Lipinski definition) is 4. The standard InChI is InChI=1S/C17H13FN2OS/c1-11-3-2-4-13(16(11)21)9-19-17-20-15(10-22-17)12-5-7-14(18)8-6-12/h2-10,21H,1H3/b19-9+. The van der Waals surface area contributed by atoms with Crippen LogP contribution in [-0.2, 0) is 0 Å². The van der Waals surface area contributed by atoms with E-state index in [0.29, 0.717) is 10.7 Å². The number of hydrogen-bond donors (Lipinski definition) is 1. The summed E-state index contributed by atoms with van der Waals surface area (Å²) in [5, 5.41) is 12.4. The summed E-state index contributed by atoms with van der Waals surface area (Å²) >= 11 is 1.39. The average molecular weight is 312 g/mol. The van der Waals surface area contributed by atoms with E-state index in [4.69, 9.17) is 0 Å². The highest BCUT2D eigenvalue weighted by atomic mass is 32.1. The van der Waals surface area contributed by atoms with Crippen molar-refractivity contribution in [2.75, 3.05) is 0 Å². The molecule has 5 heteroatoms. The van der Waals surface area contributed by atoms with E-state index in [1.54, 1.807) is 24.4 Å². The Morgan fingerprint density at radius 2 is 1.95 bits per heavy atom. The van der Waals surface area contributed by atoms with Gasteiger partial charge in [0.2, 0.25) is 5.13 Å². The Morgan fingerprint density at radius 1 is 1.18 bits per heavy atom. The number of phenols is 1. The van der Waals surface area contributed by atoms with E-state index in [0.717, 1.165) is 16.8 Å². The monoisotopic (exact) mass is 312 g/mol. The van der Waals surface area contributed by atoms with E-state index in [1.807, 2.05) is 24.4 Å². The van der Waals surface area contributed by atoms with E-state index < -0.39 is 0 Å². The van der Waals surface area contributed by atoms with Crippen molar-refractivity contribution < 1.29 is 9.50 Å². The number of halogens is 1. The first-order chi connectivity index (χ1) is 10.6. The Labute approximate surface area is 131 Å². The van der Waals surface area contributed by atoms with Crippen molar-refractivity contribution in [1.82, 2.24) is 4.98 Å². The Bertz CT molecular complexity index is 825. The molecule has 0 atom stereocenters. The molecule has 3 rings (SSSR count). The minimum Gasteiger partial charge on any atom is -0.507 e. The molecule has 0 aliphatic heterocycles. The summed E-state index contributed by atoms with van der Waals surface area (Å²) in [5.41, 5.74) is 3.05. The summed E-state index contributed by atoms with van der Waals surface area (Å²) in [5.74, 6) is -0.0475. The van der Waals surface area contributed by atoms with Gasteiger partial charge in [0.25, 0.3) is 0 Å². The number of thiazole rings is 1. The third-order valence-electron chi connectivity index (χ3n) is 3.22. The van der Waals surface area contributed by atoms with Crippen molar-refractivity contribution >= 4 is 22.7 Å². The molecule has 0 bridgehead atoms. The Hall–Kier alpha value is -2.53. The Balaban J connectivity index is 1.83. The molecule has 3 nitrogen and oxygen atoms in total. The first-order valence-corrected chi connectivity index (χ1v) is 7.55. The molecule has 110 valence electrons. The number of aryl methyl sites for hydroxylation is 1. The fourth-order valence-electron chi connectivity index (χ4n) is 1.99. The lowest BCUT2D eigenvalue weighted by molar-refractivity contribution is 0.470. The van der Waals surface area contributed by atoms with E-state index >= 15 is 0 Å². The van der Waals surface area contributed by atoms with Crippen molar-refractivity contribution in [1.29, 1.82) is 0 Å². The highest BCUT2D eigenvalue weighted by Crippen LogP contribution is 2.27. The molecule has 0 saturated heterocycles. The van der Waals surface area contributed by atoms with Crippen LogP contribution in [0.3, 0.4) is 0 Å². The van der Waals surface area contributed by atoms with Gasteiger partial charge in [-0.15, -0.1) is 11.3 Å². The summed E-state index contributed by atoms with van der Waals surface area (Å²) in [6.45, 7) is 1.84. The fourth-order valence-corrected chi connectivity index (χ4v) is 2.66.